The number of anilines is 1. The van der Waals surface area contributed by atoms with Crippen molar-refractivity contribution in [2.24, 2.45) is 5.92 Å². The minimum Gasteiger partial charge on any atom is -0.496 e. The number of methoxy groups -OCH3 is 1. The quantitative estimate of drug-likeness (QED) is 0.598. The third-order valence-corrected chi connectivity index (χ3v) is 6.27. The van der Waals surface area contributed by atoms with Gasteiger partial charge in [-0.1, -0.05) is 18.0 Å². The van der Waals surface area contributed by atoms with Gasteiger partial charge in [0.15, 0.2) is 0 Å². The van der Waals surface area contributed by atoms with Crippen LogP contribution in [0.5, 0.6) is 5.75 Å². The van der Waals surface area contributed by atoms with E-state index in [1.165, 1.54) is 19.6 Å². The van der Waals surface area contributed by atoms with Gasteiger partial charge in [-0.3, -0.25) is 14.5 Å². The van der Waals surface area contributed by atoms with Gasteiger partial charge in [0.1, 0.15) is 5.75 Å². The topological polar surface area (TPSA) is 105 Å². The second kappa shape index (κ2) is 9.01. The molecule has 1 amide bonds. The number of piperidine rings is 2. The van der Waals surface area contributed by atoms with E-state index in [1.54, 1.807) is 6.07 Å². The fourth-order valence-electron chi connectivity index (χ4n) is 4.64. The number of nitrogens with one attached hydrogen (secondary N) is 1. The van der Waals surface area contributed by atoms with Gasteiger partial charge < -0.3 is 20.9 Å². The van der Waals surface area contributed by atoms with Crippen LogP contribution in [0.1, 0.15) is 48.9 Å². The van der Waals surface area contributed by atoms with E-state index in [0.29, 0.717) is 46.6 Å². The molecular formula is C20H28ClN3O4. The molecule has 0 radical (unpaired) electrons. The maximum atomic E-state index is 12.5. The number of aliphatic carboxylic acids is 1. The lowest BCUT2D eigenvalue weighted by atomic mass is 9.77. The van der Waals surface area contributed by atoms with E-state index < -0.39 is 5.97 Å². The van der Waals surface area contributed by atoms with Gasteiger partial charge in [-0.25, -0.2) is 0 Å². The number of carboxylic acids is 1. The molecule has 8 heteroatoms. The fraction of sp³-hybridized carbons (Fsp3) is 0.600. The minimum absolute atomic E-state index is 0.135. The van der Waals surface area contributed by atoms with Gasteiger partial charge in [-0.2, -0.15) is 0 Å². The van der Waals surface area contributed by atoms with Gasteiger partial charge in [0.05, 0.1) is 29.9 Å². The zero-order valence-corrected chi connectivity index (χ0v) is 16.9. The molecule has 7 nitrogen and oxygen atoms in total. The van der Waals surface area contributed by atoms with Crippen LogP contribution in [0.2, 0.25) is 5.02 Å². The van der Waals surface area contributed by atoms with E-state index in [4.69, 9.17) is 27.2 Å². The first-order chi connectivity index (χ1) is 13.4. The molecule has 2 atom stereocenters. The van der Waals surface area contributed by atoms with Crippen molar-refractivity contribution in [3.05, 3.63) is 22.7 Å². The third-order valence-electron chi connectivity index (χ3n) is 5.94. The molecule has 1 aromatic rings. The summed E-state index contributed by atoms with van der Waals surface area (Å²) in [5.41, 5.74) is 6.50. The molecule has 3 rings (SSSR count). The van der Waals surface area contributed by atoms with Gasteiger partial charge >= 0.3 is 5.97 Å². The Morgan fingerprint density at radius 3 is 2.61 bits per heavy atom. The van der Waals surface area contributed by atoms with E-state index in [0.717, 1.165) is 32.1 Å². The number of amides is 1. The number of carboxylic acid groups (broad SMARTS) is 1. The van der Waals surface area contributed by atoms with Crippen LogP contribution in [0.3, 0.4) is 0 Å². The molecule has 4 N–H and O–H groups in total. The number of hydrogen-bond donors (Lipinski definition) is 3. The lowest BCUT2D eigenvalue weighted by Crippen LogP contribution is -2.53. The van der Waals surface area contributed by atoms with Crippen LogP contribution in [0.25, 0.3) is 0 Å². The van der Waals surface area contributed by atoms with Crippen molar-refractivity contribution >= 4 is 29.2 Å². The van der Waals surface area contributed by atoms with E-state index in [9.17, 15) is 9.59 Å². The molecule has 2 aliphatic heterocycles. The Kier molecular flexibility index (Phi) is 6.67. The summed E-state index contributed by atoms with van der Waals surface area (Å²) in [6.07, 6.45) is 6.17. The highest BCUT2D eigenvalue weighted by molar-refractivity contribution is 6.33. The Hall–Kier alpha value is -1.99. The predicted molar refractivity (Wildman–Crippen MR) is 108 cm³/mol. The molecule has 2 fully saturated rings. The van der Waals surface area contributed by atoms with Gasteiger partial charge in [-0.05, 0) is 44.1 Å². The number of nitrogens with zero attached hydrogens (tertiary/aromatic N) is 1. The number of rotatable bonds is 7. The van der Waals surface area contributed by atoms with Crippen LogP contribution >= 0.6 is 11.6 Å². The first kappa shape index (κ1) is 20.7. The summed E-state index contributed by atoms with van der Waals surface area (Å²) < 4.78 is 5.24. The lowest BCUT2D eigenvalue weighted by Gasteiger charge is -2.48. The molecule has 154 valence electrons. The monoisotopic (exact) mass is 409 g/mol. The van der Waals surface area contributed by atoms with Gasteiger partial charge in [0.25, 0.3) is 5.91 Å². The highest BCUT2D eigenvalue weighted by atomic mass is 35.5. The highest BCUT2D eigenvalue weighted by Gasteiger charge is 2.38. The van der Waals surface area contributed by atoms with Crippen molar-refractivity contribution in [2.45, 2.75) is 50.6 Å². The smallest absolute Gasteiger partial charge is 0.317 e. The Balaban J connectivity index is 1.54. The van der Waals surface area contributed by atoms with E-state index in [2.05, 4.69) is 10.2 Å². The molecule has 0 aliphatic carbocycles. The summed E-state index contributed by atoms with van der Waals surface area (Å²) in [7, 11) is 1.49. The Bertz CT molecular complexity index is 728. The molecule has 2 saturated heterocycles. The number of hydrogen-bond acceptors (Lipinski definition) is 5. The number of carbonyl (C=O) groups is 2. The second-order valence-electron chi connectivity index (χ2n) is 7.76. The number of fused-ring (bicyclic) bond motifs is 2. The van der Waals surface area contributed by atoms with Crippen LogP contribution in [0.4, 0.5) is 5.69 Å². The van der Waals surface area contributed by atoms with Crippen molar-refractivity contribution < 1.29 is 19.4 Å². The van der Waals surface area contributed by atoms with Crippen LogP contribution < -0.4 is 15.8 Å². The van der Waals surface area contributed by atoms with E-state index >= 15 is 0 Å². The number of carbonyl (C=O) groups excluding carboxylic acids is 1. The standard InChI is InChI=1S/C20H28ClN3O4/c1-28-18-10-17(22)16(21)9-15(18)20(27)23-6-5-12-7-13-3-2-4-14(8-12)24(13)11-19(25)26/h9-10,12-14H,2-8,11,22H2,1H3,(H,23,27)(H,25,26). The number of benzene rings is 1. The molecule has 0 aromatic heterocycles. The lowest BCUT2D eigenvalue weighted by molar-refractivity contribution is -0.141. The highest BCUT2D eigenvalue weighted by Crippen LogP contribution is 2.38. The Morgan fingerprint density at radius 1 is 1.32 bits per heavy atom. The Morgan fingerprint density at radius 2 is 2.00 bits per heavy atom. The summed E-state index contributed by atoms with van der Waals surface area (Å²) >= 11 is 6.04. The molecule has 2 unspecified atom stereocenters. The summed E-state index contributed by atoms with van der Waals surface area (Å²) in [6, 6.07) is 3.77. The molecule has 2 heterocycles. The Labute approximate surface area is 170 Å². The average molecular weight is 410 g/mol. The molecule has 28 heavy (non-hydrogen) atoms. The van der Waals surface area contributed by atoms with Crippen molar-refractivity contribution in [1.29, 1.82) is 0 Å². The summed E-state index contributed by atoms with van der Waals surface area (Å²) in [5.74, 6) is -0.0885. The van der Waals surface area contributed by atoms with Crippen molar-refractivity contribution in [3.8, 4) is 5.75 Å². The van der Waals surface area contributed by atoms with Crippen LogP contribution in [-0.2, 0) is 4.79 Å². The molecule has 2 bridgehead atoms. The predicted octanol–water partition coefficient (Wildman–Crippen LogP) is 2.77. The average Bonchev–Trinajstić information content (AvgIpc) is 2.63. The van der Waals surface area contributed by atoms with Gasteiger partial charge in [0.2, 0.25) is 0 Å². The number of halogens is 1. The van der Waals surface area contributed by atoms with Crippen molar-refractivity contribution in [3.63, 3.8) is 0 Å². The normalized spacial score (nSPS) is 24.6. The summed E-state index contributed by atoms with van der Waals surface area (Å²) in [6.45, 7) is 0.698. The first-order valence-electron chi connectivity index (χ1n) is 9.77. The number of nitrogen functional groups attached to an aromatic ring is 1. The fourth-order valence-corrected chi connectivity index (χ4v) is 4.81. The molecular weight excluding hydrogens is 382 g/mol. The van der Waals surface area contributed by atoms with Crippen LogP contribution in [0.15, 0.2) is 12.1 Å². The van der Waals surface area contributed by atoms with E-state index in [-0.39, 0.29) is 12.5 Å². The maximum absolute atomic E-state index is 12.5. The molecule has 0 saturated carbocycles. The largest absolute Gasteiger partial charge is 0.496 e. The van der Waals surface area contributed by atoms with Gasteiger partial charge in [-0.15, -0.1) is 0 Å². The molecule has 1 aromatic carbocycles. The number of ether oxygens (including phenoxy) is 1. The summed E-state index contributed by atoms with van der Waals surface area (Å²) in [4.78, 5) is 25.8. The van der Waals surface area contributed by atoms with Crippen LogP contribution in [0, 0.1) is 5.92 Å². The summed E-state index contributed by atoms with van der Waals surface area (Å²) in [5, 5.41) is 12.4. The SMILES string of the molecule is COc1cc(N)c(Cl)cc1C(=O)NCCC1CC2CCCC(C1)N2CC(=O)O. The maximum Gasteiger partial charge on any atom is 0.317 e. The zero-order valence-electron chi connectivity index (χ0n) is 16.1. The van der Waals surface area contributed by atoms with Crippen molar-refractivity contribution in [1.82, 2.24) is 10.2 Å². The van der Waals surface area contributed by atoms with Gasteiger partial charge in [0, 0.05) is 24.7 Å². The second-order valence-corrected chi connectivity index (χ2v) is 8.17. The molecule has 2 aliphatic rings. The zero-order chi connectivity index (χ0) is 20.3. The van der Waals surface area contributed by atoms with Crippen molar-refractivity contribution in [2.75, 3.05) is 25.9 Å². The number of nitrogens with two attached hydrogens (primary N) is 1. The van der Waals surface area contributed by atoms with E-state index in [1.807, 2.05) is 0 Å². The third kappa shape index (κ3) is 4.70. The minimum atomic E-state index is -0.751. The first-order valence-corrected chi connectivity index (χ1v) is 10.2. The van der Waals surface area contributed by atoms with Crippen LogP contribution in [-0.4, -0.2) is 54.2 Å². The molecule has 0 spiro atoms.